The molecule has 0 spiro atoms. The van der Waals surface area contributed by atoms with Gasteiger partial charge in [0, 0.05) is 31.4 Å². The van der Waals surface area contributed by atoms with Gasteiger partial charge in [-0.3, -0.25) is 0 Å². The fourth-order valence-corrected chi connectivity index (χ4v) is 2.44. The van der Waals surface area contributed by atoms with Crippen LogP contribution in [0, 0.1) is 0 Å². The van der Waals surface area contributed by atoms with Crippen LogP contribution in [0.5, 0.6) is 0 Å². The fraction of sp³-hybridized carbons (Fsp3) is 0.316. The molecular weight excluding hydrogens is 340 g/mol. The van der Waals surface area contributed by atoms with Gasteiger partial charge >= 0.3 is 6.03 Å². The molecule has 0 bridgehead atoms. The molecule has 5 nitrogen and oxygen atoms in total. The van der Waals surface area contributed by atoms with Crippen LogP contribution in [0.3, 0.4) is 0 Å². The molecule has 0 radical (unpaired) electrons. The number of urea groups is 1. The second-order valence-corrected chi connectivity index (χ2v) is 6.03. The highest BCUT2D eigenvalue weighted by Crippen LogP contribution is 2.17. The third kappa shape index (κ3) is 6.38. The minimum atomic E-state index is -0.197. The Morgan fingerprint density at radius 3 is 2.72 bits per heavy atom. The fourth-order valence-electron chi connectivity index (χ4n) is 2.24. The van der Waals surface area contributed by atoms with Gasteiger partial charge in [0.2, 0.25) is 0 Å². The highest BCUT2D eigenvalue weighted by molar-refractivity contribution is 6.31. The maximum Gasteiger partial charge on any atom is 0.321 e. The van der Waals surface area contributed by atoms with E-state index in [0.717, 1.165) is 16.8 Å². The summed E-state index contributed by atoms with van der Waals surface area (Å²) in [4.78, 5) is 13.9. The largest absolute Gasteiger partial charge is 0.382 e. The van der Waals surface area contributed by atoms with Gasteiger partial charge in [0.15, 0.2) is 0 Å². The summed E-state index contributed by atoms with van der Waals surface area (Å²) >= 11 is 6.14. The zero-order valence-electron chi connectivity index (χ0n) is 14.5. The zero-order valence-corrected chi connectivity index (χ0v) is 15.3. The van der Waals surface area contributed by atoms with Crippen LogP contribution in [-0.2, 0) is 22.6 Å². The van der Waals surface area contributed by atoms with E-state index < -0.39 is 0 Å². The van der Waals surface area contributed by atoms with E-state index in [1.807, 2.05) is 48.5 Å². The number of nitrogens with zero attached hydrogens (tertiary/aromatic N) is 1. The number of carbonyl (C=O) groups excluding carboxylic acids is 1. The van der Waals surface area contributed by atoms with Crippen molar-refractivity contribution in [2.24, 2.45) is 0 Å². The van der Waals surface area contributed by atoms with Crippen LogP contribution in [0.4, 0.5) is 10.5 Å². The Morgan fingerprint density at radius 2 is 1.96 bits per heavy atom. The Hall–Kier alpha value is -2.08. The highest BCUT2D eigenvalue weighted by atomic mass is 35.5. The van der Waals surface area contributed by atoms with Gasteiger partial charge in [-0.2, -0.15) is 0 Å². The standard InChI is InChI=1S/C19H23ClN2O3/c1-22(13-16-7-3-4-9-18(16)20)19(23)21-17-8-5-6-15(12-17)14-25-11-10-24-2/h3-9,12H,10-11,13-14H2,1-2H3,(H,21,23). The summed E-state index contributed by atoms with van der Waals surface area (Å²) in [7, 11) is 3.37. The van der Waals surface area contributed by atoms with E-state index >= 15 is 0 Å². The molecule has 134 valence electrons. The van der Waals surface area contributed by atoms with E-state index in [4.69, 9.17) is 21.1 Å². The highest BCUT2D eigenvalue weighted by Gasteiger charge is 2.11. The summed E-state index contributed by atoms with van der Waals surface area (Å²) in [6.45, 7) is 2.00. The molecule has 2 amide bonds. The molecule has 0 saturated heterocycles. The first kappa shape index (κ1) is 19.2. The first-order valence-corrected chi connectivity index (χ1v) is 8.39. The molecule has 2 aromatic rings. The predicted octanol–water partition coefficient (Wildman–Crippen LogP) is 4.17. The van der Waals surface area contributed by atoms with Crippen molar-refractivity contribution in [3.05, 3.63) is 64.7 Å². The molecule has 2 aromatic carbocycles. The molecule has 0 atom stereocenters. The Kier molecular flexibility index (Phi) is 7.73. The number of halogens is 1. The molecule has 0 aromatic heterocycles. The van der Waals surface area contributed by atoms with Crippen molar-refractivity contribution in [2.75, 3.05) is 32.7 Å². The first-order valence-electron chi connectivity index (χ1n) is 8.01. The number of methoxy groups -OCH3 is 1. The van der Waals surface area contributed by atoms with E-state index in [1.165, 1.54) is 0 Å². The number of hydrogen-bond donors (Lipinski definition) is 1. The van der Waals surface area contributed by atoms with Crippen LogP contribution < -0.4 is 5.32 Å². The number of nitrogens with one attached hydrogen (secondary N) is 1. The van der Waals surface area contributed by atoms with Crippen LogP contribution in [0.2, 0.25) is 5.02 Å². The van der Waals surface area contributed by atoms with Crippen molar-refractivity contribution < 1.29 is 14.3 Å². The molecule has 25 heavy (non-hydrogen) atoms. The van der Waals surface area contributed by atoms with E-state index in [0.29, 0.717) is 31.4 Å². The van der Waals surface area contributed by atoms with Gasteiger partial charge in [-0.15, -0.1) is 0 Å². The lowest BCUT2D eigenvalue weighted by molar-refractivity contribution is 0.0617. The Morgan fingerprint density at radius 1 is 1.16 bits per heavy atom. The van der Waals surface area contributed by atoms with Gasteiger partial charge in [-0.1, -0.05) is 41.9 Å². The third-order valence-corrected chi connectivity index (χ3v) is 3.96. The van der Waals surface area contributed by atoms with Gasteiger partial charge in [0.25, 0.3) is 0 Å². The van der Waals surface area contributed by atoms with E-state index in [1.54, 1.807) is 19.1 Å². The summed E-state index contributed by atoms with van der Waals surface area (Å²) < 4.78 is 10.4. The molecule has 0 unspecified atom stereocenters. The van der Waals surface area contributed by atoms with E-state index in [-0.39, 0.29) is 6.03 Å². The molecule has 6 heteroatoms. The summed E-state index contributed by atoms with van der Waals surface area (Å²) in [5.41, 5.74) is 2.62. The van der Waals surface area contributed by atoms with Crippen LogP contribution in [0.25, 0.3) is 0 Å². The molecule has 1 N–H and O–H groups in total. The Balaban J connectivity index is 1.90. The second kappa shape index (κ2) is 10.0. The summed E-state index contributed by atoms with van der Waals surface area (Å²) in [5, 5.41) is 3.54. The van der Waals surface area contributed by atoms with E-state index in [9.17, 15) is 4.79 Å². The topological polar surface area (TPSA) is 50.8 Å². The van der Waals surface area contributed by atoms with Crippen molar-refractivity contribution in [1.82, 2.24) is 4.90 Å². The summed E-state index contributed by atoms with van der Waals surface area (Å²) in [6, 6.07) is 14.9. The molecule has 0 aliphatic carbocycles. The minimum Gasteiger partial charge on any atom is -0.382 e. The average molecular weight is 363 g/mol. The number of anilines is 1. The second-order valence-electron chi connectivity index (χ2n) is 5.62. The summed E-state index contributed by atoms with van der Waals surface area (Å²) in [5.74, 6) is 0. The molecule has 0 aliphatic heterocycles. The molecule has 0 saturated carbocycles. The number of hydrogen-bond acceptors (Lipinski definition) is 3. The van der Waals surface area contributed by atoms with Gasteiger partial charge in [-0.25, -0.2) is 4.79 Å². The Bertz CT molecular complexity index is 694. The number of carbonyl (C=O) groups is 1. The lowest BCUT2D eigenvalue weighted by atomic mass is 10.2. The van der Waals surface area contributed by atoms with Crippen LogP contribution in [0.15, 0.2) is 48.5 Å². The van der Waals surface area contributed by atoms with Crippen molar-refractivity contribution in [3.63, 3.8) is 0 Å². The maximum atomic E-state index is 12.4. The lowest BCUT2D eigenvalue weighted by Gasteiger charge is -2.19. The van der Waals surface area contributed by atoms with Crippen molar-refractivity contribution >= 4 is 23.3 Å². The minimum absolute atomic E-state index is 0.197. The van der Waals surface area contributed by atoms with Gasteiger partial charge in [0.1, 0.15) is 0 Å². The normalized spacial score (nSPS) is 10.5. The van der Waals surface area contributed by atoms with Crippen LogP contribution in [0.1, 0.15) is 11.1 Å². The van der Waals surface area contributed by atoms with Gasteiger partial charge in [0.05, 0.1) is 19.8 Å². The average Bonchev–Trinajstić information content (AvgIpc) is 2.61. The SMILES string of the molecule is COCCOCc1cccc(NC(=O)N(C)Cc2ccccc2Cl)c1. The third-order valence-electron chi connectivity index (χ3n) is 3.59. The number of rotatable bonds is 8. The first-order chi connectivity index (χ1) is 12.1. The van der Waals surface area contributed by atoms with Crippen LogP contribution >= 0.6 is 11.6 Å². The van der Waals surface area contributed by atoms with Crippen molar-refractivity contribution in [2.45, 2.75) is 13.2 Å². The molecule has 2 rings (SSSR count). The zero-order chi connectivity index (χ0) is 18.1. The van der Waals surface area contributed by atoms with Gasteiger partial charge in [-0.05, 0) is 29.3 Å². The molecule has 0 fully saturated rings. The number of benzene rings is 2. The predicted molar refractivity (Wildman–Crippen MR) is 99.9 cm³/mol. The smallest absolute Gasteiger partial charge is 0.321 e. The van der Waals surface area contributed by atoms with Crippen LogP contribution in [-0.4, -0.2) is 38.3 Å². The van der Waals surface area contributed by atoms with Gasteiger partial charge < -0.3 is 19.7 Å². The van der Waals surface area contributed by atoms with Crippen molar-refractivity contribution in [3.8, 4) is 0 Å². The number of amides is 2. The van der Waals surface area contributed by atoms with Crippen molar-refractivity contribution in [1.29, 1.82) is 0 Å². The van der Waals surface area contributed by atoms with E-state index in [2.05, 4.69) is 5.32 Å². The molecule has 0 aliphatic rings. The Labute approximate surface area is 153 Å². The lowest BCUT2D eigenvalue weighted by Crippen LogP contribution is -2.30. The quantitative estimate of drug-likeness (QED) is 0.717. The number of ether oxygens (including phenoxy) is 2. The maximum absolute atomic E-state index is 12.4. The molecule has 0 heterocycles. The molecular formula is C19H23ClN2O3. The monoisotopic (exact) mass is 362 g/mol. The summed E-state index contributed by atoms with van der Waals surface area (Å²) in [6.07, 6.45) is 0.